The fourth-order valence-electron chi connectivity index (χ4n) is 2.25. The van der Waals surface area contributed by atoms with E-state index in [1.54, 1.807) is 0 Å². The zero-order valence-electron chi connectivity index (χ0n) is 9.34. The van der Waals surface area contributed by atoms with E-state index in [2.05, 4.69) is 0 Å². The Bertz CT molecular complexity index is 543. The van der Waals surface area contributed by atoms with Gasteiger partial charge in [0.15, 0.2) is 5.75 Å². The molecule has 2 atom stereocenters. The Kier molecular flexibility index (Phi) is 2.52. The number of hydrogen-bond acceptors (Lipinski definition) is 4. The van der Waals surface area contributed by atoms with Crippen LogP contribution in [0.5, 0.6) is 5.75 Å². The molecule has 0 amide bonds. The van der Waals surface area contributed by atoms with Crippen LogP contribution in [-0.4, -0.2) is 23.7 Å². The summed E-state index contributed by atoms with van der Waals surface area (Å²) < 4.78 is 24.0. The zero-order chi connectivity index (χ0) is 12.7. The molecule has 0 unspecified atom stereocenters. The first-order chi connectivity index (χ1) is 8.63. The van der Waals surface area contributed by atoms with Gasteiger partial charge < -0.3 is 9.47 Å². The van der Waals surface area contributed by atoms with Crippen LogP contribution < -0.4 is 4.74 Å². The highest BCUT2D eigenvalue weighted by Crippen LogP contribution is 2.35. The number of rotatable bonds is 3. The number of nitro groups is 1. The molecule has 1 aromatic rings. The van der Waals surface area contributed by atoms with Gasteiger partial charge in [-0.25, -0.2) is 4.39 Å². The molecule has 1 aromatic carbocycles. The zero-order valence-corrected chi connectivity index (χ0v) is 9.34. The van der Waals surface area contributed by atoms with Gasteiger partial charge in [0.1, 0.15) is 18.0 Å². The van der Waals surface area contributed by atoms with Gasteiger partial charge in [-0.2, -0.15) is 0 Å². The van der Waals surface area contributed by atoms with Gasteiger partial charge in [0, 0.05) is 18.6 Å². The van der Waals surface area contributed by atoms with E-state index in [9.17, 15) is 14.5 Å². The molecule has 0 saturated carbocycles. The molecule has 6 heteroatoms. The van der Waals surface area contributed by atoms with Crippen LogP contribution in [0.25, 0.3) is 0 Å². The molecule has 1 heterocycles. The minimum Gasteiger partial charge on any atom is -0.480 e. The van der Waals surface area contributed by atoms with Crippen LogP contribution in [0, 0.1) is 15.9 Å². The molecule has 18 heavy (non-hydrogen) atoms. The smallest absolute Gasteiger partial charge is 0.311 e. The van der Waals surface area contributed by atoms with E-state index in [0.717, 1.165) is 23.8 Å². The Labute approximate surface area is 102 Å². The number of hydrogen-bond donors (Lipinski definition) is 0. The van der Waals surface area contributed by atoms with Crippen LogP contribution in [0.2, 0.25) is 0 Å². The summed E-state index contributed by atoms with van der Waals surface area (Å²) in [6, 6.07) is 3.19. The Morgan fingerprint density at radius 2 is 2.33 bits per heavy atom. The van der Waals surface area contributed by atoms with Gasteiger partial charge in [-0.05, 0) is 11.6 Å². The summed E-state index contributed by atoms with van der Waals surface area (Å²) in [6.07, 6.45) is 2.16. The van der Waals surface area contributed by atoms with Crippen molar-refractivity contribution in [3.05, 3.63) is 45.8 Å². The fraction of sp³-hybridized carbons (Fsp3) is 0.333. The molecule has 3 rings (SSSR count). The highest BCUT2D eigenvalue weighted by Gasteiger charge is 2.36. The number of nitrogens with zero attached hydrogens (tertiary/aromatic N) is 1. The minimum absolute atomic E-state index is 0.0462. The van der Waals surface area contributed by atoms with E-state index < -0.39 is 10.7 Å². The Hall–Kier alpha value is -1.95. The van der Waals surface area contributed by atoms with Gasteiger partial charge in [-0.3, -0.25) is 10.1 Å². The van der Waals surface area contributed by atoms with Gasteiger partial charge in [0.25, 0.3) is 0 Å². The van der Waals surface area contributed by atoms with Crippen molar-refractivity contribution in [1.82, 2.24) is 0 Å². The number of halogens is 1. The van der Waals surface area contributed by atoms with Crippen LogP contribution >= 0.6 is 0 Å². The molecule has 5 nitrogen and oxygen atoms in total. The molecule has 0 radical (unpaired) electrons. The quantitative estimate of drug-likeness (QED) is 0.469. The number of benzene rings is 1. The second-order valence-corrected chi connectivity index (χ2v) is 4.33. The standard InChI is InChI=1S/C12H10FNO4/c13-8-1-2-9(14(15)16)10(5-8)18-12-4-7-3-11(12)17-6-7/h1-3,5,11-12H,4,6H2/t11-,12-/m0/s1. The number of nitro benzene ring substituents is 1. The lowest BCUT2D eigenvalue weighted by atomic mass is 10.1. The molecule has 0 N–H and O–H groups in total. The molecule has 0 saturated heterocycles. The highest BCUT2D eigenvalue weighted by molar-refractivity contribution is 5.46. The molecule has 2 aliphatic rings. The monoisotopic (exact) mass is 251 g/mol. The number of fused-ring (bicyclic) bond motifs is 1. The third-order valence-corrected chi connectivity index (χ3v) is 3.09. The molecule has 2 bridgehead atoms. The second-order valence-electron chi connectivity index (χ2n) is 4.33. The summed E-state index contributed by atoms with van der Waals surface area (Å²) >= 11 is 0. The van der Waals surface area contributed by atoms with E-state index in [-0.39, 0.29) is 23.6 Å². The Morgan fingerprint density at radius 1 is 1.50 bits per heavy atom. The molecule has 94 valence electrons. The lowest BCUT2D eigenvalue weighted by molar-refractivity contribution is -0.386. The minimum atomic E-state index is -0.584. The van der Waals surface area contributed by atoms with Crippen molar-refractivity contribution in [2.24, 2.45) is 0 Å². The van der Waals surface area contributed by atoms with Crippen molar-refractivity contribution >= 4 is 5.69 Å². The maximum atomic E-state index is 13.1. The van der Waals surface area contributed by atoms with E-state index in [4.69, 9.17) is 9.47 Å². The molecule has 1 aliphatic carbocycles. The Morgan fingerprint density at radius 3 is 2.94 bits per heavy atom. The van der Waals surface area contributed by atoms with Crippen molar-refractivity contribution in [3.8, 4) is 5.75 Å². The van der Waals surface area contributed by atoms with Crippen molar-refractivity contribution in [1.29, 1.82) is 0 Å². The maximum absolute atomic E-state index is 13.1. The summed E-state index contributed by atoms with van der Waals surface area (Å²) in [6.45, 7) is 0.593. The third kappa shape index (κ3) is 1.84. The molecular weight excluding hydrogens is 241 g/mol. The first kappa shape index (κ1) is 11.2. The molecule has 0 aromatic heterocycles. The highest BCUT2D eigenvalue weighted by atomic mass is 19.1. The summed E-state index contributed by atoms with van der Waals surface area (Å²) in [5.74, 6) is -0.605. The largest absolute Gasteiger partial charge is 0.480 e. The molecular formula is C12H10FNO4. The average molecular weight is 251 g/mol. The van der Waals surface area contributed by atoms with Crippen molar-refractivity contribution in [2.75, 3.05) is 6.61 Å². The van der Waals surface area contributed by atoms with E-state index >= 15 is 0 Å². The predicted molar refractivity (Wildman–Crippen MR) is 59.9 cm³/mol. The lowest BCUT2D eigenvalue weighted by Crippen LogP contribution is -2.31. The van der Waals surface area contributed by atoms with Crippen LogP contribution in [0.1, 0.15) is 6.42 Å². The van der Waals surface area contributed by atoms with Gasteiger partial charge in [-0.15, -0.1) is 0 Å². The second kappa shape index (κ2) is 4.06. The molecule has 1 aliphatic heterocycles. The predicted octanol–water partition coefficient (Wildman–Crippen LogP) is 2.21. The maximum Gasteiger partial charge on any atom is 0.311 e. The van der Waals surface area contributed by atoms with Gasteiger partial charge >= 0.3 is 5.69 Å². The SMILES string of the molecule is O=[N+]([O-])c1ccc(F)cc1O[C@H]1CC2=C[C@@H]1OC2. The van der Waals surface area contributed by atoms with Gasteiger partial charge in [0.2, 0.25) is 0 Å². The lowest BCUT2D eigenvalue weighted by Gasteiger charge is -2.23. The number of ether oxygens (including phenoxy) is 2. The average Bonchev–Trinajstić information content (AvgIpc) is 2.90. The normalized spacial score (nSPS) is 25.1. The summed E-state index contributed by atoms with van der Waals surface area (Å²) in [5.41, 5.74) is 0.897. The summed E-state index contributed by atoms with van der Waals surface area (Å²) in [4.78, 5) is 10.2. The fourth-order valence-corrected chi connectivity index (χ4v) is 2.25. The molecule has 0 spiro atoms. The first-order valence-electron chi connectivity index (χ1n) is 5.55. The molecule has 0 fully saturated rings. The van der Waals surface area contributed by atoms with Crippen molar-refractivity contribution < 1.29 is 18.8 Å². The third-order valence-electron chi connectivity index (χ3n) is 3.09. The van der Waals surface area contributed by atoms with Crippen molar-refractivity contribution in [2.45, 2.75) is 18.6 Å². The Balaban J connectivity index is 1.84. The first-order valence-corrected chi connectivity index (χ1v) is 5.55. The van der Waals surface area contributed by atoms with Gasteiger partial charge in [0.05, 0.1) is 11.5 Å². The van der Waals surface area contributed by atoms with Crippen LogP contribution in [0.15, 0.2) is 29.8 Å². The van der Waals surface area contributed by atoms with Crippen LogP contribution in [0.3, 0.4) is 0 Å². The van der Waals surface area contributed by atoms with E-state index in [1.807, 2.05) is 6.08 Å². The van der Waals surface area contributed by atoms with Crippen molar-refractivity contribution in [3.63, 3.8) is 0 Å². The van der Waals surface area contributed by atoms with Crippen LogP contribution in [0.4, 0.5) is 10.1 Å². The topological polar surface area (TPSA) is 61.6 Å². The summed E-state index contributed by atoms with van der Waals surface area (Å²) in [5, 5.41) is 10.8. The van der Waals surface area contributed by atoms with E-state index in [0.29, 0.717) is 13.0 Å². The van der Waals surface area contributed by atoms with E-state index in [1.165, 1.54) is 0 Å². The summed E-state index contributed by atoms with van der Waals surface area (Å²) in [7, 11) is 0. The van der Waals surface area contributed by atoms with Crippen LogP contribution in [-0.2, 0) is 4.74 Å². The van der Waals surface area contributed by atoms with Gasteiger partial charge in [-0.1, -0.05) is 6.08 Å².